The van der Waals surface area contributed by atoms with Crippen molar-refractivity contribution >= 4 is 28.2 Å². The highest BCUT2D eigenvalue weighted by molar-refractivity contribution is 6.02. The molecule has 1 aliphatic carbocycles. The second-order valence-corrected chi connectivity index (χ2v) is 8.54. The van der Waals surface area contributed by atoms with Crippen molar-refractivity contribution in [1.82, 2.24) is 4.98 Å². The number of rotatable bonds is 6. The first-order valence-corrected chi connectivity index (χ1v) is 10.9. The second-order valence-electron chi connectivity index (χ2n) is 8.54. The van der Waals surface area contributed by atoms with Gasteiger partial charge in [0.25, 0.3) is 0 Å². The van der Waals surface area contributed by atoms with E-state index in [0.717, 1.165) is 40.7 Å². The summed E-state index contributed by atoms with van der Waals surface area (Å²) in [6.45, 7) is 0.214. The van der Waals surface area contributed by atoms with Gasteiger partial charge in [0.1, 0.15) is 0 Å². The zero-order chi connectivity index (χ0) is 22.4. The van der Waals surface area contributed by atoms with E-state index in [-0.39, 0.29) is 12.7 Å². The zero-order valence-electron chi connectivity index (χ0n) is 17.8. The monoisotopic (exact) mass is 441 g/mol. The molecule has 1 aliphatic heterocycles. The molecule has 2 aliphatic rings. The normalized spacial score (nSPS) is 16.4. The van der Waals surface area contributed by atoms with Gasteiger partial charge in [-0.25, -0.2) is 0 Å². The van der Waals surface area contributed by atoms with Gasteiger partial charge in [-0.05, 0) is 66.9 Å². The highest BCUT2D eigenvalue weighted by atomic mass is 16.7. The molecule has 4 N–H and O–H groups in total. The Balaban J connectivity index is 1.20. The average Bonchev–Trinajstić information content (AvgIpc) is 3.32. The van der Waals surface area contributed by atoms with Crippen molar-refractivity contribution < 1.29 is 19.4 Å². The number of hydrogen-bond acceptors (Lipinski definition) is 5. The Kier molecular flexibility index (Phi) is 4.52. The zero-order valence-corrected chi connectivity index (χ0v) is 17.8. The summed E-state index contributed by atoms with van der Waals surface area (Å²) in [7, 11) is 0. The number of benzene rings is 3. The van der Waals surface area contributed by atoms with Crippen LogP contribution < -0.4 is 20.1 Å². The molecule has 1 aromatic heterocycles. The van der Waals surface area contributed by atoms with Gasteiger partial charge in [0, 0.05) is 22.3 Å². The summed E-state index contributed by atoms with van der Waals surface area (Å²) in [5.41, 5.74) is 3.50. The number of carbonyl (C=O) groups excluding carboxylic acids is 1. The Morgan fingerprint density at radius 1 is 0.939 bits per heavy atom. The fourth-order valence-electron chi connectivity index (χ4n) is 4.37. The van der Waals surface area contributed by atoms with Gasteiger partial charge in [0.05, 0.1) is 11.1 Å². The van der Waals surface area contributed by atoms with Crippen LogP contribution in [0.4, 0.5) is 11.4 Å². The first-order chi connectivity index (χ1) is 16.1. The number of hydrogen-bond donors (Lipinski definition) is 4. The fraction of sp³-hybridized carbons (Fsp3) is 0.192. The van der Waals surface area contributed by atoms with Gasteiger partial charge in [0.15, 0.2) is 17.7 Å². The van der Waals surface area contributed by atoms with E-state index in [1.807, 2.05) is 72.8 Å². The molecule has 33 heavy (non-hydrogen) atoms. The molecule has 0 saturated heterocycles. The number of fused-ring (bicyclic) bond motifs is 2. The van der Waals surface area contributed by atoms with Crippen molar-refractivity contribution in [3.63, 3.8) is 0 Å². The molecule has 3 aromatic carbocycles. The molecule has 1 amide bonds. The molecule has 7 nitrogen and oxygen atoms in total. The molecule has 6 rings (SSSR count). The smallest absolute Gasteiger partial charge is 0.235 e. The minimum absolute atomic E-state index is 0.0257. The van der Waals surface area contributed by atoms with E-state index < -0.39 is 11.6 Å². The van der Waals surface area contributed by atoms with E-state index in [2.05, 4.69) is 15.6 Å². The third-order valence-corrected chi connectivity index (χ3v) is 6.38. The second kappa shape index (κ2) is 7.56. The van der Waals surface area contributed by atoms with E-state index in [9.17, 15) is 9.90 Å². The summed E-state index contributed by atoms with van der Waals surface area (Å²) in [6, 6.07) is 22.8. The number of H-pyrrole nitrogens is 1. The number of aromatic amines is 1. The van der Waals surface area contributed by atoms with Crippen LogP contribution in [0.3, 0.4) is 0 Å². The van der Waals surface area contributed by atoms with Crippen molar-refractivity contribution in [3.8, 4) is 11.5 Å². The first kappa shape index (κ1) is 19.7. The number of ether oxygens (including phenoxy) is 2. The molecular formula is C26H23N3O4. The number of aromatic nitrogens is 1. The Hall–Kier alpha value is -3.97. The van der Waals surface area contributed by atoms with E-state index in [4.69, 9.17) is 9.47 Å². The summed E-state index contributed by atoms with van der Waals surface area (Å²) < 4.78 is 10.9. The van der Waals surface area contributed by atoms with Gasteiger partial charge in [-0.3, -0.25) is 4.79 Å². The quantitative estimate of drug-likeness (QED) is 0.326. The van der Waals surface area contributed by atoms with E-state index in [1.165, 1.54) is 0 Å². The largest absolute Gasteiger partial charge is 0.454 e. The van der Waals surface area contributed by atoms with Gasteiger partial charge < -0.3 is 30.2 Å². The minimum Gasteiger partial charge on any atom is -0.454 e. The van der Waals surface area contributed by atoms with Crippen LogP contribution in [-0.2, 0) is 10.2 Å². The summed E-state index contributed by atoms with van der Waals surface area (Å²) >= 11 is 0. The number of amides is 1. The molecule has 0 spiro atoms. The molecule has 1 saturated carbocycles. The predicted octanol–water partition coefficient (Wildman–Crippen LogP) is 4.67. The lowest BCUT2D eigenvalue weighted by atomic mass is 9.94. The number of aliphatic hydroxyl groups is 1. The summed E-state index contributed by atoms with van der Waals surface area (Å²) in [5.74, 6) is 1.38. The number of nitrogens with one attached hydrogen (secondary N) is 3. The van der Waals surface area contributed by atoms with Crippen molar-refractivity contribution in [3.05, 3.63) is 84.1 Å². The average molecular weight is 441 g/mol. The van der Waals surface area contributed by atoms with Gasteiger partial charge >= 0.3 is 0 Å². The Labute approximate surface area is 190 Å². The maximum absolute atomic E-state index is 13.2. The van der Waals surface area contributed by atoms with Crippen molar-refractivity contribution in [2.75, 3.05) is 17.4 Å². The van der Waals surface area contributed by atoms with E-state index >= 15 is 0 Å². The van der Waals surface area contributed by atoms with Crippen LogP contribution in [0.2, 0.25) is 0 Å². The molecule has 1 atom stereocenters. The lowest BCUT2D eigenvalue weighted by Gasteiger charge is -2.16. The molecule has 0 bridgehead atoms. The molecule has 1 fully saturated rings. The van der Waals surface area contributed by atoms with Crippen LogP contribution in [0.5, 0.6) is 11.5 Å². The van der Waals surface area contributed by atoms with Gasteiger partial charge in [-0.15, -0.1) is 0 Å². The van der Waals surface area contributed by atoms with Crippen LogP contribution in [0.15, 0.2) is 72.8 Å². The Bertz CT molecular complexity index is 1340. The minimum atomic E-state index is -0.876. The lowest BCUT2D eigenvalue weighted by molar-refractivity contribution is -0.118. The van der Waals surface area contributed by atoms with Crippen LogP contribution in [0.25, 0.3) is 10.9 Å². The molecule has 7 heteroatoms. The summed E-state index contributed by atoms with van der Waals surface area (Å²) in [5, 5.41) is 17.6. The van der Waals surface area contributed by atoms with Gasteiger partial charge in [-0.1, -0.05) is 24.3 Å². The van der Waals surface area contributed by atoms with Crippen molar-refractivity contribution in [2.45, 2.75) is 24.5 Å². The molecule has 4 aromatic rings. The highest BCUT2D eigenvalue weighted by Crippen LogP contribution is 2.51. The lowest BCUT2D eigenvalue weighted by Crippen LogP contribution is -2.27. The Morgan fingerprint density at radius 2 is 1.76 bits per heavy atom. The third-order valence-electron chi connectivity index (χ3n) is 6.38. The maximum Gasteiger partial charge on any atom is 0.235 e. The fourth-order valence-corrected chi connectivity index (χ4v) is 4.37. The summed E-state index contributed by atoms with van der Waals surface area (Å²) in [4.78, 5) is 16.4. The Morgan fingerprint density at radius 3 is 2.58 bits per heavy atom. The number of anilines is 2. The molecular weight excluding hydrogens is 418 g/mol. The van der Waals surface area contributed by atoms with Gasteiger partial charge in [0.2, 0.25) is 12.7 Å². The van der Waals surface area contributed by atoms with Crippen molar-refractivity contribution in [2.24, 2.45) is 0 Å². The predicted molar refractivity (Wildman–Crippen MR) is 125 cm³/mol. The topological polar surface area (TPSA) is 95.6 Å². The van der Waals surface area contributed by atoms with E-state index in [0.29, 0.717) is 17.2 Å². The molecule has 2 heterocycles. The van der Waals surface area contributed by atoms with Crippen LogP contribution in [0.1, 0.15) is 30.3 Å². The highest BCUT2D eigenvalue weighted by Gasteiger charge is 2.51. The SMILES string of the molecule is O=C(Nc1ccc2[nH]c(C(O)Nc3ccccc3)cc2c1)C1(c2ccc3c(c2)OCO3)CC1. The molecule has 0 radical (unpaired) electrons. The maximum atomic E-state index is 13.2. The summed E-state index contributed by atoms with van der Waals surface area (Å²) in [6.07, 6.45) is 0.720. The van der Waals surface area contributed by atoms with Crippen molar-refractivity contribution in [1.29, 1.82) is 0 Å². The number of para-hydroxylation sites is 1. The van der Waals surface area contributed by atoms with Gasteiger partial charge in [-0.2, -0.15) is 0 Å². The molecule has 166 valence electrons. The van der Waals surface area contributed by atoms with Crippen LogP contribution in [0, 0.1) is 0 Å². The molecule has 1 unspecified atom stereocenters. The van der Waals surface area contributed by atoms with E-state index in [1.54, 1.807) is 0 Å². The van der Waals surface area contributed by atoms with Crippen LogP contribution >= 0.6 is 0 Å². The number of aliphatic hydroxyl groups excluding tert-OH is 1. The third kappa shape index (κ3) is 3.56. The van der Waals surface area contributed by atoms with Crippen LogP contribution in [-0.4, -0.2) is 22.8 Å². The first-order valence-electron chi connectivity index (χ1n) is 10.9. The standard InChI is InChI=1S/C26H23N3O4/c30-24(27-18-4-2-1-3-5-18)21-13-16-12-19(7-8-20(16)29-21)28-25(31)26(10-11-26)17-6-9-22-23(14-17)33-15-32-22/h1-9,12-14,24,27,29-30H,10-11,15H2,(H,28,31). The number of carbonyl (C=O) groups is 1.